The highest BCUT2D eigenvalue weighted by Gasteiger charge is 2.15. The maximum atomic E-state index is 13.0. The first-order chi connectivity index (χ1) is 14.7. The Kier molecular flexibility index (Phi) is 5.96. The van der Waals surface area contributed by atoms with E-state index in [2.05, 4.69) is 5.32 Å². The molecule has 0 saturated heterocycles. The van der Waals surface area contributed by atoms with Crippen molar-refractivity contribution in [1.29, 1.82) is 0 Å². The lowest BCUT2D eigenvalue weighted by molar-refractivity contribution is 0.0955. The number of carbonyl (C=O) groups is 1. The minimum absolute atomic E-state index is 0.129. The van der Waals surface area contributed by atoms with Gasteiger partial charge in [-0.3, -0.25) is 4.79 Å². The second kappa shape index (κ2) is 8.97. The zero-order valence-electron chi connectivity index (χ0n) is 16.6. The number of ether oxygens (including phenoxy) is 1. The van der Waals surface area contributed by atoms with E-state index in [1.54, 1.807) is 7.11 Å². The summed E-state index contributed by atoms with van der Waals surface area (Å²) in [7, 11) is 1.64. The first-order valence-corrected chi connectivity index (χ1v) is 10.1. The Morgan fingerprint density at radius 3 is 2.50 bits per heavy atom. The molecule has 0 aliphatic heterocycles. The van der Waals surface area contributed by atoms with Gasteiger partial charge >= 0.3 is 0 Å². The van der Waals surface area contributed by atoms with Crippen LogP contribution in [0.25, 0.3) is 22.2 Å². The number of para-hydroxylation sites is 1. The van der Waals surface area contributed by atoms with Gasteiger partial charge in [0.2, 0.25) is 0 Å². The second-order valence-electron chi connectivity index (χ2n) is 6.91. The second-order valence-corrected chi connectivity index (χ2v) is 7.31. The van der Waals surface area contributed by atoms with Gasteiger partial charge in [-0.2, -0.15) is 0 Å². The molecule has 0 aliphatic rings. The van der Waals surface area contributed by atoms with Gasteiger partial charge in [0, 0.05) is 22.5 Å². The SMILES string of the molecule is COc1ccc(CCNC(=O)c2cc(-c3ccccc3Cl)nc3ccccc23)cc1. The molecular formula is C25H21ClN2O2. The van der Waals surface area contributed by atoms with Gasteiger partial charge in [0.05, 0.1) is 23.9 Å². The molecule has 1 N–H and O–H groups in total. The number of halogens is 1. The minimum Gasteiger partial charge on any atom is -0.497 e. The lowest BCUT2D eigenvalue weighted by Crippen LogP contribution is -2.26. The first-order valence-electron chi connectivity index (χ1n) is 9.71. The lowest BCUT2D eigenvalue weighted by atomic mass is 10.0. The van der Waals surface area contributed by atoms with Crippen molar-refractivity contribution >= 4 is 28.4 Å². The number of methoxy groups -OCH3 is 1. The van der Waals surface area contributed by atoms with Crippen molar-refractivity contribution in [1.82, 2.24) is 10.3 Å². The van der Waals surface area contributed by atoms with Gasteiger partial charge in [-0.15, -0.1) is 0 Å². The lowest BCUT2D eigenvalue weighted by Gasteiger charge is -2.11. The molecule has 0 bridgehead atoms. The fraction of sp³-hybridized carbons (Fsp3) is 0.120. The van der Waals surface area contributed by atoms with Crippen LogP contribution in [0, 0.1) is 0 Å². The van der Waals surface area contributed by atoms with Gasteiger partial charge in [0.25, 0.3) is 5.91 Å². The first kappa shape index (κ1) is 19.9. The van der Waals surface area contributed by atoms with Crippen LogP contribution in [0.2, 0.25) is 5.02 Å². The summed E-state index contributed by atoms with van der Waals surface area (Å²) in [6.45, 7) is 0.531. The van der Waals surface area contributed by atoms with Gasteiger partial charge in [0.15, 0.2) is 0 Å². The number of hydrogen-bond donors (Lipinski definition) is 1. The van der Waals surface area contributed by atoms with E-state index in [9.17, 15) is 4.79 Å². The van der Waals surface area contributed by atoms with Crippen molar-refractivity contribution in [2.45, 2.75) is 6.42 Å². The fourth-order valence-electron chi connectivity index (χ4n) is 3.38. The van der Waals surface area contributed by atoms with Gasteiger partial charge < -0.3 is 10.1 Å². The van der Waals surface area contributed by atoms with Crippen LogP contribution in [0.15, 0.2) is 78.9 Å². The molecule has 4 rings (SSSR count). The highest BCUT2D eigenvalue weighted by molar-refractivity contribution is 6.33. The van der Waals surface area contributed by atoms with E-state index in [1.165, 1.54) is 0 Å². The summed E-state index contributed by atoms with van der Waals surface area (Å²) in [5, 5.41) is 4.45. The number of nitrogens with zero attached hydrogens (tertiary/aromatic N) is 1. The number of carbonyl (C=O) groups excluding carboxylic acids is 1. The molecule has 1 heterocycles. The smallest absolute Gasteiger partial charge is 0.252 e. The predicted molar refractivity (Wildman–Crippen MR) is 121 cm³/mol. The van der Waals surface area contributed by atoms with Crippen molar-refractivity contribution < 1.29 is 9.53 Å². The van der Waals surface area contributed by atoms with Crippen molar-refractivity contribution in [2.24, 2.45) is 0 Å². The standard InChI is InChI=1S/C25H21ClN2O2/c1-30-18-12-10-17(11-13-18)14-15-27-25(29)21-16-24(20-7-2-4-8-22(20)26)28-23-9-5-3-6-19(21)23/h2-13,16H,14-15H2,1H3,(H,27,29). The number of nitrogens with one attached hydrogen (secondary N) is 1. The van der Waals surface area contributed by atoms with Gasteiger partial charge in [-0.25, -0.2) is 4.98 Å². The highest BCUT2D eigenvalue weighted by atomic mass is 35.5. The van der Waals surface area contributed by atoms with Crippen LogP contribution in [0.5, 0.6) is 5.75 Å². The van der Waals surface area contributed by atoms with Crippen molar-refractivity contribution in [3.63, 3.8) is 0 Å². The third-order valence-electron chi connectivity index (χ3n) is 4.97. The molecule has 0 fully saturated rings. The minimum atomic E-state index is -0.129. The molecule has 150 valence electrons. The van der Waals surface area contributed by atoms with E-state index in [1.807, 2.05) is 78.9 Å². The summed E-state index contributed by atoms with van der Waals surface area (Å²) < 4.78 is 5.18. The Balaban J connectivity index is 1.58. The molecule has 4 aromatic rings. The number of benzene rings is 3. The van der Waals surface area contributed by atoms with Crippen LogP contribution in [0.3, 0.4) is 0 Å². The molecule has 0 radical (unpaired) electrons. The number of aromatic nitrogens is 1. The van der Waals surface area contributed by atoms with Crippen LogP contribution in [-0.2, 0) is 6.42 Å². The quantitative estimate of drug-likeness (QED) is 0.449. The molecule has 5 heteroatoms. The van der Waals surface area contributed by atoms with Crippen LogP contribution >= 0.6 is 11.6 Å². The van der Waals surface area contributed by atoms with Crippen molar-refractivity contribution in [2.75, 3.05) is 13.7 Å². The number of amides is 1. The van der Waals surface area contributed by atoms with E-state index >= 15 is 0 Å². The van der Waals surface area contributed by atoms with Crippen LogP contribution in [-0.4, -0.2) is 24.5 Å². The van der Waals surface area contributed by atoms with Crippen LogP contribution < -0.4 is 10.1 Å². The largest absolute Gasteiger partial charge is 0.497 e. The molecule has 0 unspecified atom stereocenters. The molecule has 0 saturated carbocycles. The molecule has 0 spiro atoms. The number of pyridine rings is 1. The van der Waals surface area contributed by atoms with E-state index in [-0.39, 0.29) is 5.91 Å². The van der Waals surface area contributed by atoms with Crippen LogP contribution in [0.1, 0.15) is 15.9 Å². The summed E-state index contributed by atoms with van der Waals surface area (Å²) in [6, 6.07) is 24.8. The molecule has 4 nitrogen and oxygen atoms in total. The van der Waals surface area contributed by atoms with Gasteiger partial charge in [-0.1, -0.05) is 60.1 Å². The average Bonchev–Trinajstić information content (AvgIpc) is 2.79. The molecule has 0 atom stereocenters. The van der Waals surface area contributed by atoms with E-state index in [0.717, 1.165) is 34.2 Å². The highest BCUT2D eigenvalue weighted by Crippen LogP contribution is 2.29. The number of hydrogen-bond acceptors (Lipinski definition) is 3. The molecule has 1 aromatic heterocycles. The summed E-state index contributed by atoms with van der Waals surface area (Å²) in [6.07, 6.45) is 0.732. The maximum Gasteiger partial charge on any atom is 0.252 e. The Bertz CT molecular complexity index is 1190. The molecule has 3 aromatic carbocycles. The number of fused-ring (bicyclic) bond motifs is 1. The van der Waals surface area contributed by atoms with E-state index in [4.69, 9.17) is 21.3 Å². The molecule has 0 aliphatic carbocycles. The summed E-state index contributed by atoms with van der Waals surface area (Å²) in [5.41, 5.74) is 3.96. The average molecular weight is 417 g/mol. The summed E-state index contributed by atoms with van der Waals surface area (Å²) in [4.78, 5) is 17.7. The topological polar surface area (TPSA) is 51.2 Å². The number of rotatable bonds is 6. The van der Waals surface area contributed by atoms with Crippen molar-refractivity contribution in [3.05, 3.63) is 95.0 Å². The molecular weight excluding hydrogens is 396 g/mol. The molecule has 1 amide bonds. The summed E-state index contributed by atoms with van der Waals surface area (Å²) in [5.74, 6) is 0.688. The zero-order chi connectivity index (χ0) is 20.9. The predicted octanol–water partition coefficient (Wildman–Crippen LogP) is 5.54. The Labute approximate surface area is 180 Å². The fourth-order valence-corrected chi connectivity index (χ4v) is 3.61. The third-order valence-corrected chi connectivity index (χ3v) is 5.30. The van der Waals surface area contributed by atoms with E-state index < -0.39 is 0 Å². The Morgan fingerprint density at radius 2 is 1.73 bits per heavy atom. The van der Waals surface area contributed by atoms with Crippen molar-refractivity contribution in [3.8, 4) is 17.0 Å². The summed E-state index contributed by atoms with van der Waals surface area (Å²) >= 11 is 6.37. The monoisotopic (exact) mass is 416 g/mol. The Hall–Kier alpha value is -3.37. The van der Waals surface area contributed by atoms with Crippen LogP contribution in [0.4, 0.5) is 0 Å². The third kappa shape index (κ3) is 4.29. The normalized spacial score (nSPS) is 10.7. The zero-order valence-corrected chi connectivity index (χ0v) is 17.3. The maximum absolute atomic E-state index is 13.0. The Morgan fingerprint density at radius 1 is 1.00 bits per heavy atom. The molecule has 30 heavy (non-hydrogen) atoms. The van der Waals surface area contributed by atoms with Gasteiger partial charge in [-0.05, 0) is 42.3 Å². The van der Waals surface area contributed by atoms with E-state index in [0.29, 0.717) is 22.8 Å². The van der Waals surface area contributed by atoms with Gasteiger partial charge in [0.1, 0.15) is 5.75 Å².